The molecule has 1 aromatic rings. The molecule has 54 valence electrons. The lowest BCUT2D eigenvalue weighted by atomic mass is 10.4. The number of carbonyl (C=O) groups is 1. The van der Waals surface area contributed by atoms with E-state index in [1.807, 2.05) is 0 Å². The van der Waals surface area contributed by atoms with Crippen molar-refractivity contribution in [2.75, 3.05) is 5.33 Å². The number of halogens is 1. The highest BCUT2D eigenvalue weighted by Gasteiger charge is 1.97. The number of alkyl halides is 1. The second-order valence-electron chi connectivity index (χ2n) is 1.91. The van der Waals surface area contributed by atoms with Crippen molar-refractivity contribution in [3.8, 4) is 0 Å². The molecule has 0 aliphatic carbocycles. The monoisotopic (exact) mass is 202 g/mol. The summed E-state index contributed by atoms with van der Waals surface area (Å²) in [5.41, 5.74) is 0. The van der Waals surface area contributed by atoms with Crippen molar-refractivity contribution in [3.05, 3.63) is 18.7 Å². The molecule has 1 rings (SSSR count). The normalized spacial score (nSPS) is 9.70. The third kappa shape index (κ3) is 1.95. The average Bonchev–Trinajstić information content (AvgIpc) is 2.40. The molecule has 0 N–H and O–H groups in total. The van der Waals surface area contributed by atoms with Gasteiger partial charge in [-0.05, 0) is 0 Å². The fourth-order valence-corrected chi connectivity index (χ4v) is 0.803. The van der Waals surface area contributed by atoms with Crippen LogP contribution in [0.3, 0.4) is 0 Å². The zero-order chi connectivity index (χ0) is 7.40. The van der Waals surface area contributed by atoms with E-state index in [2.05, 4.69) is 20.9 Å². The Morgan fingerprint density at radius 2 is 2.50 bits per heavy atom. The van der Waals surface area contributed by atoms with Crippen LogP contribution in [-0.2, 0) is 11.3 Å². The molecule has 10 heavy (non-hydrogen) atoms. The summed E-state index contributed by atoms with van der Waals surface area (Å²) in [4.78, 5) is 14.6. The lowest BCUT2D eigenvalue weighted by Gasteiger charge is -1.95. The number of hydrogen-bond acceptors (Lipinski definition) is 2. The maximum atomic E-state index is 10.8. The van der Waals surface area contributed by atoms with Gasteiger partial charge in [-0.15, -0.1) is 0 Å². The summed E-state index contributed by atoms with van der Waals surface area (Å²) in [5.74, 6) is 0.151. The summed E-state index contributed by atoms with van der Waals surface area (Å²) in [6.07, 6.45) is 5.04. The van der Waals surface area contributed by atoms with Crippen LogP contribution in [0, 0.1) is 0 Å². The van der Waals surface area contributed by atoms with Gasteiger partial charge in [0.25, 0.3) is 0 Å². The lowest BCUT2D eigenvalue weighted by Crippen LogP contribution is -2.08. The fourth-order valence-electron chi connectivity index (χ4n) is 0.626. The summed E-state index contributed by atoms with van der Waals surface area (Å²) < 4.78 is 1.74. The highest BCUT2D eigenvalue weighted by molar-refractivity contribution is 9.09. The number of Topliss-reactive ketones (excluding diaryl/α,β-unsaturated/α-hetero) is 1. The Kier molecular flexibility index (Phi) is 2.62. The molecular weight excluding hydrogens is 196 g/mol. The van der Waals surface area contributed by atoms with E-state index in [1.165, 1.54) is 0 Å². The van der Waals surface area contributed by atoms with E-state index in [0.29, 0.717) is 11.9 Å². The van der Waals surface area contributed by atoms with Gasteiger partial charge in [-0.25, -0.2) is 4.98 Å². The van der Waals surface area contributed by atoms with E-state index < -0.39 is 0 Å². The first kappa shape index (κ1) is 7.47. The van der Waals surface area contributed by atoms with E-state index in [-0.39, 0.29) is 5.78 Å². The zero-order valence-corrected chi connectivity index (χ0v) is 6.91. The maximum absolute atomic E-state index is 10.8. The standard InChI is InChI=1S/C6H7BrN2O/c7-3-6(10)4-9-2-1-8-5-9/h1-2,5H,3-4H2. The molecule has 4 heteroatoms. The predicted octanol–water partition coefficient (Wildman–Crippen LogP) is 0.847. The zero-order valence-electron chi connectivity index (χ0n) is 5.33. The first-order valence-electron chi connectivity index (χ1n) is 2.86. The minimum absolute atomic E-state index is 0.151. The van der Waals surface area contributed by atoms with Gasteiger partial charge in [0.1, 0.15) is 0 Å². The second kappa shape index (κ2) is 3.51. The molecule has 3 nitrogen and oxygen atoms in total. The van der Waals surface area contributed by atoms with E-state index in [9.17, 15) is 4.79 Å². The van der Waals surface area contributed by atoms with Gasteiger partial charge in [0.2, 0.25) is 0 Å². The third-order valence-corrected chi connectivity index (χ3v) is 1.69. The Labute approximate surface area is 67.2 Å². The number of ketones is 1. The topological polar surface area (TPSA) is 34.9 Å². The molecule has 0 aliphatic heterocycles. The molecule has 0 spiro atoms. The highest BCUT2D eigenvalue weighted by atomic mass is 79.9. The Morgan fingerprint density at radius 3 is 3.00 bits per heavy atom. The van der Waals surface area contributed by atoms with Crippen molar-refractivity contribution in [2.24, 2.45) is 0 Å². The molecule has 1 aromatic heterocycles. The molecule has 0 aliphatic rings. The summed E-state index contributed by atoms with van der Waals surface area (Å²) in [6.45, 7) is 0.408. The first-order valence-corrected chi connectivity index (χ1v) is 3.98. The van der Waals surface area contributed by atoms with E-state index in [4.69, 9.17) is 0 Å². The van der Waals surface area contributed by atoms with Gasteiger partial charge in [0.15, 0.2) is 5.78 Å². The van der Waals surface area contributed by atoms with Gasteiger partial charge >= 0.3 is 0 Å². The van der Waals surface area contributed by atoms with Crippen molar-refractivity contribution >= 4 is 21.7 Å². The van der Waals surface area contributed by atoms with Gasteiger partial charge in [0.05, 0.1) is 18.2 Å². The smallest absolute Gasteiger partial charge is 0.163 e. The fraction of sp³-hybridized carbons (Fsp3) is 0.333. The Hall–Kier alpha value is -0.640. The van der Waals surface area contributed by atoms with Gasteiger partial charge < -0.3 is 4.57 Å². The highest BCUT2D eigenvalue weighted by Crippen LogP contribution is 1.89. The van der Waals surface area contributed by atoms with Crippen molar-refractivity contribution in [1.82, 2.24) is 9.55 Å². The Balaban J connectivity index is 2.48. The Morgan fingerprint density at radius 1 is 1.70 bits per heavy atom. The number of rotatable bonds is 3. The largest absolute Gasteiger partial charge is 0.330 e. The van der Waals surface area contributed by atoms with Crippen LogP contribution in [0.5, 0.6) is 0 Å². The molecule has 0 saturated carbocycles. The summed E-state index contributed by atoms with van der Waals surface area (Å²) in [7, 11) is 0. The molecule has 0 bridgehead atoms. The van der Waals surface area contributed by atoms with Crippen LogP contribution in [0.25, 0.3) is 0 Å². The Bertz CT molecular complexity index is 208. The molecule has 1 heterocycles. The molecule has 0 aromatic carbocycles. The van der Waals surface area contributed by atoms with Crippen LogP contribution in [0.15, 0.2) is 18.7 Å². The first-order chi connectivity index (χ1) is 4.83. The minimum Gasteiger partial charge on any atom is -0.330 e. The van der Waals surface area contributed by atoms with Crippen LogP contribution >= 0.6 is 15.9 Å². The van der Waals surface area contributed by atoms with E-state index in [0.717, 1.165) is 0 Å². The van der Waals surface area contributed by atoms with Crippen molar-refractivity contribution in [3.63, 3.8) is 0 Å². The summed E-state index contributed by atoms with van der Waals surface area (Å²) in [6, 6.07) is 0. The third-order valence-electron chi connectivity index (χ3n) is 1.07. The second-order valence-corrected chi connectivity index (χ2v) is 2.47. The van der Waals surface area contributed by atoms with Crippen LogP contribution < -0.4 is 0 Å². The number of nitrogens with zero attached hydrogens (tertiary/aromatic N) is 2. The number of carbonyl (C=O) groups excluding carboxylic acids is 1. The summed E-state index contributed by atoms with van der Waals surface area (Å²) in [5, 5.41) is 0.408. The molecule has 0 fully saturated rings. The van der Waals surface area contributed by atoms with Gasteiger partial charge in [-0.1, -0.05) is 15.9 Å². The lowest BCUT2D eigenvalue weighted by molar-refractivity contribution is -0.117. The van der Waals surface area contributed by atoms with Crippen molar-refractivity contribution in [1.29, 1.82) is 0 Å². The predicted molar refractivity (Wildman–Crippen MR) is 41.0 cm³/mol. The summed E-state index contributed by atoms with van der Waals surface area (Å²) >= 11 is 3.08. The van der Waals surface area contributed by atoms with E-state index >= 15 is 0 Å². The SMILES string of the molecule is O=C(CBr)Cn1ccnc1. The van der Waals surface area contributed by atoms with Crippen LogP contribution in [0.2, 0.25) is 0 Å². The van der Waals surface area contributed by atoms with Gasteiger partial charge in [-0.2, -0.15) is 0 Å². The average molecular weight is 203 g/mol. The van der Waals surface area contributed by atoms with Crippen LogP contribution in [-0.4, -0.2) is 20.7 Å². The number of hydrogen-bond donors (Lipinski definition) is 0. The van der Waals surface area contributed by atoms with Crippen LogP contribution in [0.4, 0.5) is 0 Å². The maximum Gasteiger partial charge on any atom is 0.163 e. The molecule has 0 radical (unpaired) electrons. The van der Waals surface area contributed by atoms with Gasteiger partial charge in [-0.3, -0.25) is 4.79 Å². The molecular formula is C6H7BrN2O. The molecule has 0 unspecified atom stereocenters. The number of imidazole rings is 1. The van der Waals surface area contributed by atoms with Gasteiger partial charge in [0, 0.05) is 12.4 Å². The van der Waals surface area contributed by atoms with Crippen molar-refractivity contribution < 1.29 is 4.79 Å². The molecule has 0 saturated heterocycles. The number of aromatic nitrogens is 2. The molecule has 0 amide bonds. The van der Waals surface area contributed by atoms with E-state index in [1.54, 1.807) is 23.3 Å². The molecule has 0 atom stereocenters. The minimum atomic E-state index is 0.151. The van der Waals surface area contributed by atoms with Crippen LogP contribution in [0.1, 0.15) is 0 Å². The quantitative estimate of drug-likeness (QED) is 0.682. The van der Waals surface area contributed by atoms with Crippen molar-refractivity contribution in [2.45, 2.75) is 6.54 Å².